The number of esters is 2. The van der Waals surface area contributed by atoms with E-state index in [-0.39, 0.29) is 42.7 Å². The minimum Gasteiger partial charge on any atom is -0.544 e. The van der Waals surface area contributed by atoms with Crippen LogP contribution in [0.5, 0.6) is 0 Å². The molecule has 0 bridgehead atoms. The molecule has 0 spiro atoms. The molecular weight excluding hydrogens is 739 g/mol. The van der Waals surface area contributed by atoms with E-state index in [0.29, 0.717) is 12.8 Å². The van der Waals surface area contributed by atoms with Crippen molar-refractivity contribution in [2.75, 3.05) is 41.0 Å². The Morgan fingerprint density at radius 2 is 0.966 bits per heavy atom. The van der Waals surface area contributed by atoms with Crippen molar-refractivity contribution < 1.29 is 38.2 Å². The van der Waals surface area contributed by atoms with Crippen molar-refractivity contribution >= 4 is 17.9 Å². The number of carboxylic acids is 1. The Labute approximate surface area is 362 Å². The molecule has 0 aliphatic rings. The molecule has 0 rings (SSSR count). The van der Waals surface area contributed by atoms with Crippen molar-refractivity contribution in [2.45, 2.75) is 206 Å². The second kappa shape index (κ2) is 41.8. The molecule has 0 fully saturated rings. The van der Waals surface area contributed by atoms with Gasteiger partial charge in [-0.05, 0) is 57.8 Å². The van der Waals surface area contributed by atoms with Gasteiger partial charge in [0.2, 0.25) is 0 Å². The first-order valence-electron chi connectivity index (χ1n) is 23.9. The molecule has 8 heteroatoms. The van der Waals surface area contributed by atoms with Gasteiger partial charge in [-0.15, -0.1) is 0 Å². The van der Waals surface area contributed by atoms with Crippen molar-refractivity contribution in [3.63, 3.8) is 0 Å². The van der Waals surface area contributed by atoms with Crippen LogP contribution in [0.2, 0.25) is 0 Å². The fourth-order valence-electron chi connectivity index (χ4n) is 6.78. The molecule has 2 atom stereocenters. The lowest BCUT2D eigenvalue weighted by molar-refractivity contribution is -0.889. The normalized spacial score (nSPS) is 13.4. The van der Waals surface area contributed by atoms with Gasteiger partial charge in [0, 0.05) is 19.3 Å². The highest BCUT2D eigenvalue weighted by molar-refractivity contribution is 5.70. The Hall–Kier alpha value is -2.97. The van der Waals surface area contributed by atoms with Crippen LogP contribution in [0.1, 0.15) is 194 Å². The Morgan fingerprint density at radius 1 is 0.525 bits per heavy atom. The highest BCUT2D eigenvalue weighted by Gasteiger charge is 2.25. The van der Waals surface area contributed by atoms with Crippen LogP contribution >= 0.6 is 0 Å². The summed E-state index contributed by atoms with van der Waals surface area (Å²) in [7, 11) is 5.40. The highest BCUT2D eigenvalue weighted by Crippen LogP contribution is 2.14. The molecule has 0 heterocycles. The Morgan fingerprint density at radius 3 is 1.46 bits per heavy atom. The molecule has 0 N–H and O–H groups in total. The summed E-state index contributed by atoms with van der Waals surface area (Å²) in [6, 6.07) is -0.733. The third-order valence-electron chi connectivity index (χ3n) is 10.5. The number of hydrogen-bond donors (Lipinski definition) is 0. The van der Waals surface area contributed by atoms with Crippen molar-refractivity contribution in [1.29, 1.82) is 0 Å². The summed E-state index contributed by atoms with van der Waals surface area (Å²) in [6.45, 7) is 4.50. The Bertz CT molecular complexity index is 1150. The van der Waals surface area contributed by atoms with Gasteiger partial charge in [0.1, 0.15) is 12.6 Å². The molecule has 0 saturated carbocycles. The number of aliphatic carboxylic acids is 1. The molecule has 0 aliphatic heterocycles. The zero-order valence-electron chi connectivity index (χ0n) is 38.7. The van der Waals surface area contributed by atoms with Gasteiger partial charge in [0.05, 0.1) is 40.3 Å². The zero-order chi connectivity index (χ0) is 43.5. The van der Waals surface area contributed by atoms with Crippen LogP contribution in [0.25, 0.3) is 0 Å². The molecule has 2 unspecified atom stereocenters. The summed E-state index contributed by atoms with van der Waals surface area (Å²) in [5.74, 6) is -1.77. The number of ether oxygens (including phenoxy) is 3. The van der Waals surface area contributed by atoms with E-state index in [9.17, 15) is 19.5 Å². The van der Waals surface area contributed by atoms with E-state index in [1.54, 1.807) is 21.1 Å². The van der Waals surface area contributed by atoms with E-state index < -0.39 is 18.1 Å². The minimum absolute atomic E-state index is 0.0277. The molecular formula is C51H89NO7. The van der Waals surface area contributed by atoms with Crippen molar-refractivity contribution in [1.82, 2.24) is 0 Å². The number of carbonyl (C=O) groups excluding carboxylic acids is 3. The van der Waals surface area contributed by atoms with Crippen molar-refractivity contribution in [2.24, 2.45) is 0 Å². The highest BCUT2D eigenvalue weighted by atomic mass is 16.6. The lowest BCUT2D eigenvalue weighted by atomic mass is 10.1. The second-order valence-electron chi connectivity index (χ2n) is 17.1. The molecule has 8 nitrogen and oxygen atoms in total. The van der Waals surface area contributed by atoms with Crippen LogP contribution in [0, 0.1) is 0 Å². The largest absolute Gasteiger partial charge is 0.544 e. The van der Waals surface area contributed by atoms with E-state index in [4.69, 9.17) is 14.2 Å². The van der Waals surface area contributed by atoms with Gasteiger partial charge in [0.15, 0.2) is 6.10 Å². The van der Waals surface area contributed by atoms with E-state index in [0.717, 1.165) is 64.2 Å². The molecule has 0 saturated heterocycles. The third kappa shape index (κ3) is 40.2. The predicted octanol–water partition coefficient (Wildman–Crippen LogP) is 12.0. The van der Waals surface area contributed by atoms with E-state index >= 15 is 0 Å². The first kappa shape index (κ1) is 56.0. The van der Waals surface area contributed by atoms with Crippen LogP contribution < -0.4 is 5.11 Å². The molecule has 59 heavy (non-hydrogen) atoms. The number of carboxylic acid groups (broad SMARTS) is 1. The number of rotatable bonds is 42. The molecule has 0 aromatic heterocycles. The maximum absolute atomic E-state index is 12.7. The average molecular weight is 828 g/mol. The summed E-state index contributed by atoms with van der Waals surface area (Å²) in [5.41, 5.74) is 0. The van der Waals surface area contributed by atoms with Gasteiger partial charge in [-0.1, -0.05) is 177 Å². The summed E-state index contributed by atoms with van der Waals surface area (Å²) in [6.07, 6.45) is 51.0. The first-order chi connectivity index (χ1) is 28.6. The monoisotopic (exact) mass is 828 g/mol. The molecule has 0 radical (unpaired) electrons. The Balaban J connectivity index is 4.31. The molecule has 340 valence electrons. The van der Waals surface area contributed by atoms with Crippen LogP contribution in [0.4, 0.5) is 0 Å². The van der Waals surface area contributed by atoms with Gasteiger partial charge in [0.25, 0.3) is 0 Å². The number of allylic oxidation sites excluding steroid dienone is 10. The van der Waals surface area contributed by atoms with E-state index in [2.05, 4.69) is 44.2 Å². The minimum atomic E-state index is -1.13. The molecule has 0 aliphatic carbocycles. The number of hydrogen-bond acceptors (Lipinski definition) is 7. The zero-order valence-corrected chi connectivity index (χ0v) is 38.7. The lowest BCUT2D eigenvalue weighted by Gasteiger charge is -2.34. The van der Waals surface area contributed by atoms with Crippen LogP contribution in [-0.2, 0) is 28.6 Å². The standard InChI is InChI=1S/C51H89NO7/c1-6-8-10-12-14-16-18-20-22-23-24-25-26-28-29-31-33-35-37-39-41-49(53)58-46-47(45-57-44-43-48(51(55)56)52(3,4)5)59-50(54)42-40-38-36-34-32-30-27-21-19-17-15-13-11-9-7-2/h9,11,13,15,17,19,21,24-25,27,47-48H,6-8,10,12,14,16,18,20,22-23,26,28-46H2,1-5H3/b11-9+,15-13+,19-17+,25-24+,27-21+. The van der Waals surface area contributed by atoms with Gasteiger partial charge in [-0.25, -0.2) is 0 Å². The quantitative estimate of drug-likeness (QED) is 0.0198. The maximum Gasteiger partial charge on any atom is 0.306 e. The van der Waals surface area contributed by atoms with E-state index in [1.165, 1.54) is 96.3 Å². The number of nitrogens with zero attached hydrogens (tertiary/aromatic N) is 1. The van der Waals surface area contributed by atoms with Gasteiger partial charge in [-0.3, -0.25) is 9.59 Å². The smallest absolute Gasteiger partial charge is 0.306 e. The fraction of sp³-hybridized carbons (Fsp3) is 0.745. The number of likely N-dealkylation sites (N-methyl/N-ethyl adjacent to an activating group) is 1. The van der Waals surface area contributed by atoms with Crippen LogP contribution in [0.15, 0.2) is 60.8 Å². The first-order valence-corrected chi connectivity index (χ1v) is 23.9. The van der Waals surface area contributed by atoms with Gasteiger partial charge < -0.3 is 28.6 Å². The Kier molecular flexibility index (Phi) is 39.6. The maximum atomic E-state index is 12.7. The number of carbonyl (C=O) groups is 3. The van der Waals surface area contributed by atoms with E-state index in [1.807, 2.05) is 30.4 Å². The van der Waals surface area contributed by atoms with Gasteiger partial charge in [-0.2, -0.15) is 0 Å². The van der Waals surface area contributed by atoms with Crippen LogP contribution in [-0.4, -0.2) is 75.5 Å². The third-order valence-corrected chi connectivity index (χ3v) is 10.5. The molecule has 0 aromatic rings. The molecule has 0 aromatic carbocycles. The second-order valence-corrected chi connectivity index (χ2v) is 17.1. The van der Waals surface area contributed by atoms with Crippen LogP contribution in [0.3, 0.4) is 0 Å². The predicted molar refractivity (Wildman–Crippen MR) is 245 cm³/mol. The summed E-state index contributed by atoms with van der Waals surface area (Å²) in [4.78, 5) is 36.9. The van der Waals surface area contributed by atoms with Crippen molar-refractivity contribution in [3.8, 4) is 0 Å². The number of unbranched alkanes of at least 4 members (excludes halogenated alkanes) is 21. The lowest BCUT2D eigenvalue weighted by Crippen LogP contribution is -2.55. The summed E-state index contributed by atoms with van der Waals surface area (Å²) < 4.78 is 17.2. The number of quaternary nitrogens is 1. The van der Waals surface area contributed by atoms with Gasteiger partial charge >= 0.3 is 11.9 Å². The SMILES string of the molecule is CC/C=C/C=C/C=C/C=C/CCCCCCCC(=O)OC(COCCC(C(=O)[O-])[N+](C)(C)C)COC(=O)CCCCCCCCC/C=C/CCCCCCCCCCC. The summed E-state index contributed by atoms with van der Waals surface area (Å²) >= 11 is 0. The van der Waals surface area contributed by atoms with Crippen molar-refractivity contribution in [3.05, 3.63) is 60.8 Å². The fourth-order valence-corrected chi connectivity index (χ4v) is 6.78. The summed E-state index contributed by atoms with van der Waals surface area (Å²) in [5, 5.41) is 11.6. The topological polar surface area (TPSA) is 102 Å². The average Bonchev–Trinajstić information content (AvgIpc) is 3.19. The molecule has 0 amide bonds.